The van der Waals surface area contributed by atoms with Crippen molar-refractivity contribution < 1.29 is 18.3 Å². The van der Waals surface area contributed by atoms with Crippen molar-refractivity contribution in [2.75, 3.05) is 5.43 Å². The van der Waals surface area contributed by atoms with Gasteiger partial charge in [-0.15, -0.1) is 10.2 Å². The van der Waals surface area contributed by atoms with E-state index in [4.69, 9.17) is 12.2 Å². The average Bonchev–Trinajstić information content (AvgIpc) is 2.94. The number of azo groups is 1. The quantitative estimate of drug-likeness (QED) is 0.384. The van der Waals surface area contributed by atoms with Crippen molar-refractivity contribution >= 4 is 55.9 Å². The second-order valence-corrected chi connectivity index (χ2v) is 8.97. The maximum atomic E-state index is 11.9. The molecule has 150 valence electrons. The number of thiazole rings is 1. The van der Waals surface area contributed by atoms with Crippen LogP contribution in [0.15, 0.2) is 69.7 Å². The highest BCUT2D eigenvalue weighted by atomic mass is 32.2. The maximum Gasteiger partial charge on any atom is 0.264 e. The Morgan fingerprint density at radius 2 is 1.76 bits per heavy atom. The van der Waals surface area contributed by atoms with Gasteiger partial charge in [-0.1, -0.05) is 29.5 Å². The van der Waals surface area contributed by atoms with Crippen molar-refractivity contribution in [2.45, 2.75) is 11.8 Å². The van der Waals surface area contributed by atoms with Crippen LogP contribution in [0.4, 0.5) is 16.4 Å². The molecule has 12 heteroatoms. The van der Waals surface area contributed by atoms with Gasteiger partial charge in [-0.3, -0.25) is 10.2 Å². The Morgan fingerprint density at radius 3 is 2.38 bits per heavy atom. The molecule has 3 rings (SSSR count). The normalized spacial score (nSPS) is 11.5. The van der Waals surface area contributed by atoms with Gasteiger partial charge in [-0.25, -0.2) is 17.8 Å². The molecule has 29 heavy (non-hydrogen) atoms. The minimum atomic E-state index is -3.92. The number of benzene rings is 2. The minimum Gasteiger partial charge on any atom is -0.491 e. The standard InChI is InChI=1S/C17H15N5O4S3/c1-11(23)21-29(25,26)14-9-7-12(8-10-14)18-19-15-16(24)22(17(27)28-15)20-13-5-3-2-4-6-13/h2-10,20,24H,1H3,(H,21,23). The van der Waals surface area contributed by atoms with E-state index >= 15 is 0 Å². The summed E-state index contributed by atoms with van der Waals surface area (Å²) >= 11 is 6.29. The number of rotatable bonds is 6. The lowest BCUT2D eigenvalue weighted by atomic mass is 10.3. The van der Waals surface area contributed by atoms with E-state index in [-0.39, 0.29) is 15.8 Å². The van der Waals surface area contributed by atoms with Crippen LogP contribution in [0.2, 0.25) is 0 Å². The third kappa shape index (κ3) is 5.04. The van der Waals surface area contributed by atoms with Crippen LogP contribution in [0.1, 0.15) is 6.92 Å². The van der Waals surface area contributed by atoms with E-state index in [0.29, 0.717) is 9.64 Å². The molecule has 0 saturated carbocycles. The van der Waals surface area contributed by atoms with Gasteiger partial charge in [0.15, 0.2) is 3.95 Å². The van der Waals surface area contributed by atoms with Crippen LogP contribution >= 0.6 is 23.6 Å². The topological polar surface area (TPSA) is 125 Å². The van der Waals surface area contributed by atoms with E-state index in [2.05, 4.69) is 15.7 Å². The molecule has 0 aliphatic heterocycles. The van der Waals surface area contributed by atoms with E-state index in [9.17, 15) is 18.3 Å². The third-order valence-corrected chi connectivity index (χ3v) is 6.16. The molecule has 0 aliphatic carbocycles. The largest absolute Gasteiger partial charge is 0.491 e. The molecule has 0 radical (unpaired) electrons. The summed E-state index contributed by atoms with van der Waals surface area (Å²) in [6, 6.07) is 14.6. The summed E-state index contributed by atoms with van der Waals surface area (Å²) in [5, 5.41) is 18.5. The summed E-state index contributed by atoms with van der Waals surface area (Å²) in [4.78, 5) is 10.9. The van der Waals surface area contributed by atoms with Gasteiger partial charge < -0.3 is 5.11 Å². The molecule has 3 aromatic rings. The smallest absolute Gasteiger partial charge is 0.264 e. The molecule has 0 fully saturated rings. The molecule has 0 aliphatic rings. The lowest BCUT2D eigenvalue weighted by molar-refractivity contribution is -0.117. The fourth-order valence-corrected chi connectivity index (χ4v) is 4.22. The summed E-state index contributed by atoms with van der Waals surface area (Å²) in [7, 11) is -3.92. The van der Waals surface area contributed by atoms with Crippen molar-refractivity contribution in [2.24, 2.45) is 10.2 Å². The van der Waals surface area contributed by atoms with Gasteiger partial charge in [0.1, 0.15) is 0 Å². The van der Waals surface area contributed by atoms with Crippen molar-refractivity contribution in [1.29, 1.82) is 0 Å². The molecule has 1 heterocycles. The molecule has 1 aromatic heterocycles. The minimum absolute atomic E-state index is 0.0802. The van der Waals surface area contributed by atoms with Crippen LogP contribution in [0.25, 0.3) is 0 Å². The van der Waals surface area contributed by atoms with E-state index in [1.165, 1.54) is 28.9 Å². The lowest BCUT2D eigenvalue weighted by Gasteiger charge is -2.07. The molecular weight excluding hydrogens is 434 g/mol. The number of carbonyl (C=O) groups excluding carboxylic acids is 1. The van der Waals surface area contributed by atoms with Gasteiger partial charge in [-0.2, -0.15) is 0 Å². The predicted molar refractivity (Wildman–Crippen MR) is 112 cm³/mol. The summed E-state index contributed by atoms with van der Waals surface area (Å²) in [6.07, 6.45) is 0. The second kappa shape index (κ2) is 8.51. The SMILES string of the molecule is CC(=O)NS(=O)(=O)c1ccc(N=Nc2sc(=S)n(Nc3ccccc3)c2O)cc1. The van der Waals surface area contributed by atoms with Gasteiger partial charge in [0.25, 0.3) is 15.9 Å². The zero-order chi connectivity index (χ0) is 21.0. The summed E-state index contributed by atoms with van der Waals surface area (Å²) in [5.41, 5.74) is 4.06. The first kappa shape index (κ1) is 20.6. The van der Waals surface area contributed by atoms with Crippen molar-refractivity contribution in [3.05, 3.63) is 58.6 Å². The molecular formula is C17H15N5O4S3. The van der Waals surface area contributed by atoms with E-state index < -0.39 is 15.9 Å². The van der Waals surface area contributed by atoms with Crippen LogP contribution in [-0.4, -0.2) is 24.1 Å². The predicted octanol–water partition coefficient (Wildman–Crippen LogP) is 4.10. The number of anilines is 1. The van der Waals surface area contributed by atoms with Gasteiger partial charge in [0.2, 0.25) is 10.9 Å². The number of carbonyl (C=O) groups is 1. The number of hydrogen-bond acceptors (Lipinski definition) is 9. The second-order valence-electron chi connectivity index (χ2n) is 5.67. The fourth-order valence-electron chi connectivity index (χ4n) is 2.20. The lowest BCUT2D eigenvalue weighted by Crippen LogP contribution is -2.28. The first-order chi connectivity index (χ1) is 13.8. The monoisotopic (exact) mass is 449 g/mol. The maximum absolute atomic E-state index is 11.9. The van der Waals surface area contributed by atoms with E-state index in [1.54, 1.807) is 0 Å². The number of nitrogens with one attached hydrogen (secondary N) is 2. The highest BCUT2D eigenvalue weighted by Crippen LogP contribution is 2.35. The molecule has 0 spiro atoms. The van der Waals surface area contributed by atoms with Crippen molar-refractivity contribution in [1.82, 2.24) is 9.40 Å². The number of aromatic nitrogens is 1. The average molecular weight is 450 g/mol. The molecule has 3 N–H and O–H groups in total. The van der Waals surface area contributed by atoms with Gasteiger partial charge in [0.05, 0.1) is 16.3 Å². The zero-order valence-corrected chi connectivity index (χ0v) is 17.4. The molecule has 0 bridgehead atoms. The Labute approximate surface area is 175 Å². The molecule has 0 saturated heterocycles. The molecule has 0 unspecified atom stereocenters. The summed E-state index contributed by atoms with van der Waals surface area (Å²) in [5.74, 6) is -0.878. The Kier molecular flexibility index (Phi) is 6.06. The van der Waals surface area contributed by atoms with Gasteiger partial charge in [0, 0.05) is 6.92 Å². The van der Waals surface area contributed by atoms with Crippen molar-refractivity contribution in [3.8, 4) is 5.88 Å². The molecule has 2 aromatic carbocycles. The zero-order valence-electron chi connectivity index (χ0n) is 14.9. The first-order valence-electron chi connectivity index (χ1n) is 8.08. The molecule has 9 nitrogen and oxygen atoms in total. The van der Waals surface area contributed by atoms with E-state index in [0.717, 1.165) is 23.9 Å². The third-order valence-electron chi connectivity index (χ3n) is 3.47. The number of aromatic hydroxyl groups is 1. The number of hydrogen-bond donors (Lipinski definition) is 3. The number of sulfonamides is 1. The van der Waals surface area contributed by atoms with Crippen LogP contribution in [0.5, 0.6) is 5.88 Å². The van der Waals surface area contributed by atoms with Crippen LogP contribution in [0.3, 0.4) is 0 Å². The molecule has 0 atom stereocenters. The summed E-state index contributed by atoms with van der Waals surface area (Å²) < 4.78 is 27.4. The first-order valence-corrected chi connectivity index (χ1v) is 10.8. The van der Waals surface area contributed by atoms with Gasteiger partial charge >= 0.3 is 0 Å². The van der Waals surface area contributed by atoms with Crippen LogP contribution < -0.4 is 10.1 Å². The molecule has 1 amide bonds. The highest BCUT2D eigenvalue weighted by molar-refractivity contribution is 7.90. The van der Waals surface area contributed by atoms with Crippen molar-refractivity contribution in [3.63, 3.8) is 0 Å². The number of nitrogens with zero attached hydrogens (tertiary/aromatic N) is 3. The number of para-hydroxylation sites is 1. The Bertz CT molecular complexity index is 1220. The van der Waals surface area contributed by atoms with Crippen LogP contribution in [-0.2, 0) is 14.8 Å². The Morgan fingerprint density at radius 1 is 1.10 bits per heavy atom. The van der Waals surface area contributed by atoms with Crippen LogP contribution in [0, 0.1) is 3.95 Å². The highest BCUT2D eigenvalue weighted by Gasteiger charge is 2.15. The summed E-state index contributed by atoms with van der Waals surface area (Å²) in [6.45, 7) is 1.11. The Hall–Kier alpha value is -3.09. The number of amides is 1. The Balaban J connectivity index is 1.79. The van der Waals surface area contributed by atoms with Gasteiger partial charge in [-0.05, 0) is 48.6 Å². The van der Waals surface area contributed by atoms with E-state index in [1.807, 2.05) is 35.1 Å². The fraction of sp³-hybridized carbons (Fsp3) is 0.0588.